The molecule has 6 heteroatoms. The minimum absolute atomic E-state index is 0.317. The molecule has 106 valence electrons. The van der Waals surface area contributed by atoms with E-state index in [1.54, 1.807) is 20.3 Å². The molecule has 0 fully saturated rings. The van der Waals surface area contributed by atoms with Crippen LogP contribution >= 0.6 is 8.38 Å². The lowest BCUT2D eigenvalue weighted by atomic mass is 10.1. The molecule has 19 heavy (non-hydrogen) atoms. The van der Waals surface area contributed by atoms with Gasteiger partial charge in [0.25, 0.3) is 0 Å². The highest BCUT2D eigenvalue weighted by molar-refractivity contribution is 7.46. The Bertz CT molecular complexity index is 417. The average molecular weight is 286 g/mol. The summed E-state index contributed by atoms with van der Waals surface area (Å²) in [4.78, 5) is 11.6. The van der Waals surface area contributed by atoms with Crippen molar-refractivity contribution in [3.05, 3.63) is 34.9 Å². The molecule has 0 heterocycles. The van der Waals surface area contributed by atoms with E-state index in [2.05, 4.69) is 0 Å². The van der Waals surface area contributed by atoms with Crippen molar-refractivity contribution in [2.75, 3.05) is 27.7 Å². The molecule has 0 N–H and O–H groups in total. The van der Waals surface area contributed by atoms with E-state index in [0.29, 0.717) is 18.5 Å². The summed E-state index contributed by atoms with van der Waals surface area (Å²) in [6, 6.07) is 5.52. The zero-order chi connectivity index (χ0) is 14.3. The summed E-state index contributed by atoms with van der Waals surface area (Å²) < 4.78 is 20.4. The molecule has 0 amide bonds. The molecular formula is C13H19O5P. The zero-order valence-corrected chi connectivity index (χ0v) is 12.5. The Morgan fingerprint density at radius 2 is 1.89 bits per heavy atom. The van der Waals surface area contributed by atoms with Gasteiger partial charge >= 0.3 is 5.97 Å². The van der Waals surface area contributed by atoms with Crippen LogP contribution in [0.2, 0.25) is 0 Å². The molecule has 0 aromatic heterocycles. The second-order valence-electron chi connectivity index (χ2n) is 3.83. The second-order valence-corrected chi connectivity index (χ2v) is 5.48. The summed E-state index contributed by atoms with van der Waals surface area (Å²) in [7, 11) is 3.48. The van der Waals surface area contributed by atoms with Crippen molar-refractivity contribution in [1.82, 2.24) is 0 Å². The largest absolute Gasteiger partial charge is 0.465 e. The Balaban J connectivity index is 2.71. The topological polar surface area (TPSA) is 54.0 Å². The van der Waals surface area contributed by atoms with Crippen molar-refractivity contribution >= 4 is 14.3 Å². The van der Waals surface area contributed by atoms with Crippen LogP contribution in [-0.4, -0.2) is 33.6 Å². The van der Waals surface area contributed by atoms with E-state index in [9.17, 15) is 4.79 Å². The summed E-state index contributed by atoms with van der Waals surface area (Å²) in [5.74, 6) is -0.362. The molecule has 1 aromatic carbocycles. The Kier molecular flexibility index (Phi) is 6.95. The van der Waals surface area contributed by atoms with Gasteiger partial charge in [0, 0.05) is 14.2 Å². The number of methoxy groups -OCH3 is 1. The smallest absolute Gasteiger partial charge is 0.338 e. The molecule has 0 radical (unpaired) electrons. The minimum Gasteiger partial charge on any atom is -0.465 e. The van der Waals surface area contributed by atoms with Gasteiger partial charge in [-0.25, -0.2) is 4.79 Å². The van der Waals surface area contributed by atoms with Crippen LogP contribution < -0.4 is 0 Å². The third kappa shape index (κ3) is 4.88. The van der Waals surface area contributed by atoms with Gasteiger partial charge in [0.2, 0.25) is 0 Å². The minimum atomic E-state index is -1.03. The second kappa shape index (κ2) is 8.23. The van der Waals surface area contributed by atoms with Crippen molar-refractivity contribution in [1.29, 1.82) is 0 Å². The van der Waals surface area contributed by atoms with Crippen molar-refractivity contribution in [3.8, 4) is 0 Å². The first-order chi connectivity index (χ1) is 9.12. The highest BCUT2D eigenvalue weighted by Gasteiger charge is 2.13. The van der Waals surface area contributed by atoms with Gasteiger partial charge in [-0.3, -0.25) is 0 Å². The number of ether oxygens (including phenoxy) is 2. The summed E-state index contributed by atoms with van der Waals surface area (Å²) in [5.41, 5.74) is 2.38. The van der Waals surface area contributed by atoms with Crippen molar-refractivity contribution in [2.24, 2.45) is 0 Å². The summed E-state index contributed by atoms with van der Waals surface area (Å²) >= 11 is 0. The lowest BCUT2D eigenvalue weighted by Crippen LogP contribution is -2.07. The van der Waals surface area contributed by atoms with Crippen molar-refractivity contribution in [2.45, 2.75) is 13.5 Å². The fourth-order valence-corrected chi connectivity index (χ4v) is 2.16. The predicted molar refractivity (Wildman–Crippen MR) is 73.1 cm³/mol. The molecule has 0 aliphatic heterocycles. The normalized spacial score (nSPS) is 10.8. The van der Waals surface area contributed by atoms with E-state index in [0.717, 1.165) is 11.1 Å². The van der Waals surface area contributed by atoms with Crippen LogP contribution in [0.25, 0.3) is 0 Å². The molecule has 0 unspecified atom stereocenters. The van der Waals surface area contributed by atoms with E-state index >= 15 is 0 Å². The molecule has 0 bridgehead atoms. The molecule has 0 aliphatic carbocycles. The quantitative estimate of drug-likeness (QED) is 0.570. The summed E-state index contributed by atoms with van der Waals surface area (Å²) in [5, 5.41) is 0. The highest BCUT2D eigenvalue weighted by atomic mass is 31.2. The number of rotatable bonds is 7. The van der Waals surface area contributed by atoms with Crippen molar-refractivity contribution in [3.63, 3.8) is 0 Å². The third-order valence-electron chi connectivity index (χ3n) is 2.53. The van der Waals surface area contributed by atoms with Crippen molar-refractivity contribution < 1.29 is 23.3 Å². The highest BCUT2D eigenvalue weighted by Crippen LogP contribution is 2.35. The van der Waals surface area contributed by atoms with Gasteiger partial charge in [0.1, 0.15) is 6.35 Å². The van der Waals surface area contributed by atoms with Crippen LogP contribution in [0.5, 0.6) is 0 Å². The van der Waals surface area contributed by atoms with E-state index in [-0.39, 0.29) is 5.97 Å². The molecule has 0 atom stereocenters. The molecule has 0 saturated carbocycles. The number of carbonyl (C=O) groups excluding carboxylic acids is 1. The Hall–Kier alpha value is -1.00. The van der Waals surface area contributed by atoms with Crippen LogP contribution in [-0.2, 0) is 25.1 Å². The summed E-state index contributed by atoms with van der Waals surface area (Å²) in [6.07, 6.45) is 0.358. The van der Waals surface area contributed by atoms with E-state index < -0.39 is 8.38 Å². The van der Waals surface area contributed by atoms with Gasteiger partial charge in [0.05, 0.1) is 19.3 Å². The van der Waals surface area contributed by atoms with Crippen LogP contribution in [0, 0.1) is 6.92 Å². The molecule has 1 aromatic rings. The first-order valence-electron chi connectivity index (χ1n) is 5.73. The summed E-state index contributed by atoms with van der Waals surface area (Å²) in [6.45, 7) is 2.28. The predicted octanol–water partition coefficient (Wildman–Crippen LogP) is 2.86. The Morgan fingerprint density at radius 3 is 2.47 bits per heavy atom. The number of aryl methyl sites for hydroxylation is 1. The maximum Gasteiger partial charge on any atom is 0.338 e. The number of hydrogen-bond acceptors (Lipinski definition) is 5. The van der Waals surface area contributed by atoms with E-state index in [1.165, 1.54) is 7.11 Å². The van der Waals surface area contributed by atoms with Gasteiger partial charge in [-0.15, -0.1) is 0 Å². The average Bonchev–Trinajstić information content (AvgIpc) is 2.43. The Labute approximate surface area is 114 Å². The molecular weight excluding hydrogens is 267 g/mol. The first-order valence-corrected chi connectivity index (χ1v) is 7.10. The SMILES string of the molecule is COC(=O)c1ccc(C)cc1COCP(OC)OC. The maximum absolute atomic E-state index is 11.6. The zero-order valence-electron chi connectivity index (χ0n) is 11.6. The van der Waals surface area contributed by atoms with Gasteiger partial charge < -0.3 is 18.5 Å². The van der Waals surface area contributed by atoms with E-state index in [4.69, 9.17) is 18.5 Å². The Morgan fingerprint density at radius 1 is 1.21 bits per heavy atom. The molecule has 5 nitrogen and oxygen atoms in total. The number of hydrogen-bond donors (Lipinski definition) is 0. The standard InChI is InChI=1S/C13H19O5P/c1-10-5-6-12(13(14)15-2)11(7-10)8-18-9-19(16-3)17-4/h5-7H,8-9H2,1-4H3. The number of benzene rings is 1. The molecule has 0 spiro atoms. The number of esters is 1. The third-order valence-corrected chi connectivity index (χ3v) is 3.74. The van der Waals surface area contributed by atoms with Gasteiger partial charge in [-0.1, -0.05) is 17.7 Å². The fourth-order valence-electron chi connectivity index (χ4n) is 1.56. The lowest BCUT2D eigenvalue weighted by Gasteiger charge is -2.13. The van der Waals surface area contributed by atoms with Crippen LogP contribution in [0.15, 0.2) is 18.2 Å². The molecule has 0 saturated heterocycles. The number of carbonyl (C=O) groups is 1. The van der Waals surface area contributed by atoms with E-state index in [1.807, 2.05) is 19.1 Å². The van der Waals surface area contributed by atoms with Crippen LogP contribution in [0.4, 0.5) is 0 Å². The monoisotopic (exact) mass is 286 g/mol. The lowest BCUT2D eigenvalue weighted by molar-refractivity contribution is 0.0595. The molecule has 1 rings (SSSR count). The molecule has 0 aliphatic rings. The van der Waals surface area contributed by atoms with Crippen LogP contribution in [0.3, 0.4) is 0 Å². The van der Waals surface area contributed by atoms with Gasteiger partial charge in [-0.05, 0) is 18.6 Å². The fraction of sp³-hybridized carbons (Fsp3) is 0.462. The first kappa shape index (κ1) is 16.1. The van der Waals surface area contributed by atoms with Gasteiger partial charge in [0.15, 0.2) is 8.38 Å². The van der Waals surface area contributed by atoms with Crippen LogP contribution in [0.1, 0.15) is 21.5 Å². The maximum atomic E-state index is 11.6. The van der Waals surface area contributed by atoms with Gasteiger partial charge in [-0.2, -0.15) is 0 Å².